The zero-order valence-corrected chi connectivity index (χ0v) is 9.09. The largest absolute Gasteiger partial charge is 0.391 e. The normalized spacial score (nSPS) is 9.88. The summed E-state index contributed by atoms with van der Waals surface area (Å²) in [5.41, 5.74) is 1.08. The van der Waals surface area contributed by atoms with Gasteiger partial charge in [0.05, 0.1) is 17.1 Å². The second-order valence-electron chi connectivity index (χ2n) is 3.40. The van der Waals surface area contributed by atoms with Gasteiger partial charge in [-0.15, -0.1) is 6.58 Å². The fourth-order valence-electron chi connectivity index (χ4n) is 1.41. The minimum atomic E-state index is -0.497. The average molecular weight is 222 g/mol. The lowest BCUT2D eigenvalue weighted by Gasteiger charge is -2.17. The van der Waals surface area contributed by atoms with Gasteiger partial charge in [-0.3, -0.25) is 10.1 Å². The number of benzene rings is 1. The summed E-state index contributed by atoms with van der Waals surface area (Å²) in [7, 11) is 1.85. The van der Waals surface area contributed by atoms with E-state index in [4.69, 9.17) is 5.11 Å². The van der Waals surface area contributed by atoms with E-state index in [1.807, 2.05) is 11.9 Å². The molecular formula is C11H14N2O3. The number of nitrogens with zero attached hydrogens (tertiary/aromatic N) is 2. The van der Waals surface area contributed by atoms with Gasteiger partial charge in [-0.25, -0.2) is 0 Å². The van der Waals surface area contributed by atoms with Gasteiger partial charge in [0.2, 0.25) is 0 Å². The summed E-state index contributed by atoms with van der Waals surface area (Å²) in [6.45, 7) is 3.92. The van der Waals surface area contributed by atoms with E-state index in [0.717, 1.165) is 5.69 Å². The number of hydrogen-bond acceptors (Lipinski definition) is 4. The Morgan fingerprint density at radius 2 is 2.31 bits per heavy atom. The number of likely N-dealkylation sites (N-methyl/N-ethyl adjacent to an activating group) is 1. The van der Waals surface area contributed by atoms with Crippen molar-refractivity contribution in [2.75, 3.05) is 18.5 Å². The van der Waals surface area contributed by atoms with Gasteiger partial charge < -0.3 is 10.0 Å². The van der Waals surface area contributed by atoms with Gasteiger partial charge in [-0.2, -0.15) is 0 Å². The molecule has 1 aromatic carbocycles. The monoisotopic (exact) mass is 222 g/mol. The molecular weight excluding hydrogens is 208 g/mol. The highest BCUT2D eigenvalue weighted by molar-refractivity contribution is 5.55. The number of aliphatic hydroxyl groups is 1. The standard InChI is InChI=1S/C11H14N2O3/c1-3-6-12(2)10-4-5-11(13(15)16)9(7-10)8-14/h3-5,7,14H,1,6,8H2,2H3. The average Bonchev–Trinajstić information content (AvgIpc) is 2.28. The summed E-state index contributed by atoms with van der Waals surface area (Å²) >= 11 is 0. The Morgan fingerprint density at radius 1 is 1.62 bits per heavy atom. The predicted octanol–water partition coefficient (Wildman–Crippen LogP) is 1.71. The second-order valence-corrected chi connectivity index (χ2v) is 3.40. The SMILES string of the molecule is C=CCN(C)c1ccc([N+](=O)[O-])c(CO)c1. The summed E-state index contributed by atoms with van der Waals surface area (Å²) in [6.07, 6.45) is 1.74. The molecule has 1 rings (SSSR count). The van der Waals surface area contributed by atoms with Crippen LogP contribution in [0.3, 0.4) is 0 Å². The highest BCUT2D eigenvalue weighted by Gasteiger charge is 2.14. The van der Waals surface area contributed by atoms with Crippen LogP contribution in [0.4, 0.5) is 11.4 Å². The molecule has 1 aromatic rings. The van der Waals surface area contributed by atoms with E-state index in [2.05, 4.69) is 6.58 Å². The third-order valence-electron chi connectivity index (χ3n) is 2.27. The van der Waals surface area contributed by atoms with Crippen molar-refractivity contribution >= 4 is 11.4 Å². The van der Waals surface area contributed by atoms with Crippen LogP contribution in [0.1, 0.15) is 5.56 Å². The van der Waals surface area contributed by atoms with Crippen molar-refractivity contribution in [3.63, 3.8) is 0 Å². The molecule has 0 amide bonds. The molecule has 0 aliphatic heterocycles. The van der Waals surface area contributed by atoms with Crippen molar-refractivity contribution in [2.45, 2.75) is 6.61 Å². The molecule has 0 radical (unpaired) electrons. The first-order chi connectivity index (χ1) is 7.60. The molecule has 86 valence electrons. The lowest BCUT2D eigenvalue weighted by atomic mass is 10.1. The molecule has 0 spiro atoms. The van der Waals surface area contributed by atoms with Gasteiger partial charge in [-0.05, 0) is 12.1 Å². The summed E-state index contributed by atoms with van der Waals surface area (Å²) in [4.78, 5) is 12.0. The van der Waals surface area contributed by atoms with Crippen LogP contribution in [0.5, 0.6) is 0 Å². The minimum absolute atomic E-state index is 0.0572. The Hall–Kier alpha value is -1.88. The van der Waals surface area contributed by atoms with Crippen LogP contribution in [0, 0.1) is 10.1 Å². The third-order valence-corrected chi connectivity index (χ3v) is 2.27. The number of anilines is 1. The van der Waals surface area contributed by atoms with E-state index in [-0.39, 0.29) is 12.3 Å². The van der Waals surface area contributed by atoms with Crippen LogP contribution in [0.2, 0.25) is 0 Å². The van der Waals surface area contributed by atoms with Crippen LogP contribution in [0.25, 0.3) is 0 Å². The lowest BCUT2D eigenvalue weighted by Crippen LogP contribution is -2.16. The van der Waals surface area contributed by atoms with Crippen LogP contribution in [-0.2, 0) is 6.61 Å². The van der Waals surface area contributed by atoms with Gasteiger partial charge >= 0.3 is 0 Å². The molecule has 0 aliphatic rings. The molecule has 0 saturated carbocycles. The maximum Gasteiger partial charge on any atom is 0.275 e. The number of rotatable bonds is 5. The number of hydrogen-bond donors (Lipinski definition) is 1. The van der Waals surface area contributed by atoms with Crippen molar-refractivity contribution in [3.8, 4) is 0 Å². The molecule has 1 N–H and O–H groups in total. The Bertz CT molecular complexity index is 404. The van der Waals surface area contributed by atoms with Crippen LogP contribution in [-0.4, -0.2) is 23.6 Å². The number of aliphatic hydroxyl groups excluding tert-OH is 1. The quantitative estimate of drug-likeness (QED) is 0.468. The molecule has 0 fully saturated rings. The van der Waals surface area contributed by atoms with Gasteiger partial charge in [0, 0.05) is 25.3 Å². The molecule has 5 heteroatoms. The van der Waals surface area contributed by atoms with Crippen LogP contribution in [0.15, 0.2) is 30.9 Å². The Morgan fingerprint density at radius 3 is 2.81 bits per heavy atom. The summed E-state index contributed by atoms with van der Waals surface area (Å²) < 4.78 is 0. The summed E-state index contributed by atoms with van der Waals surface area (Å²) in [5, 5.41) is 19.7. The first kappa shape index (κ1) is 12.2. The van der Waals surface area contributed by atoms with Crippen molar-refractivity contribution in [2.24, 2.45) is 0 Å². The molecule has 0 saturated heterocycles. The molecule has 0 aromatic heterocycles. The first-order valence-electron chi connectivity index (χ1n) is 4.80. The number of nitro groups is 1. The van der Waals surface area contributed by atoms with E-state index in [9.17, 15) is 10.1 Å². The smallest absolute Gasteiger partial charge is 0.275 e. The summed E-state index contributed by atoms with van der Waals surface area (Å²) in [5.74, 6) is 0. The fourth-order valence-corrected chi connectivity index (χ4v) is 1.41. The fraction of sp³-hybridized carbons (Fsp3) is 0.273. The van der Waals surface area contributed by atoms with Crippen molar-refractivity contribution in [1.82, 2.24) is 0 Å². The van der Waals surface area contributed by atoms with Crippen LogP contribution < -0.4 is 4.90 Å². The van der Waals surface area contributed by atoms with E-state index in [1.54, 1.807) is 18.2 Å². The molecule has 0 bridgehead atoms. The van der Waals surface area contributed by atoms with E-state index < -0.39 is 4.92 Å². The maximum atomic E-state index is 10.7. The van der Waals surface area contributed by atoms with Crippen molar-refractivity contribution < 1.29 is 10.0 Å². The Balaban J connectivity index is 3.08. The Kier molecular flexibility index (Phi) is 4.02. The second kappa shape index (κ2) is 5.27. The maximum absolute atomic E-state index is 10.7. The minimum Gasteiger partial charge on any atom is -0.391 e. The van der Waals surface area contributed by atoms with E-state index in [0.29, 0.717) is 12.1 Å². The van der Waals surface area contributed by atoms with Gasteiger partial charge in [-0.1, -0.05) is 6.08 Å². The summed E-state index contributed by atoms with van der Waals surface area (Å²) in [6, 6.07) is 4.67. The van der Waals surface area contributed by atoms with Crippen molar-refractivity contribution in [3.05, 3.63) is 46.5 Å². The highest BCUT2D eigenvalue weighted by atomic mass is 16.6. The van der Waals surface area contributed by atoms with E-state index >= 15 is 0 Å². The third kappa shape index (κ3) is 2.58. The lowest BCUT2D eigenvalue weighted by molar-refractivity contribution is -0.385. The molecule has 0 heterocycles. The van der Waals surface area contributed by atoms with Gasteiger partial charge in [0.25, 0.3) is 5.69 Å². The van der Waals surface area contributed by atoms with Gasteiger partial charge in [0.1, 0.15) is 0 Å². The topological polar surface area (TPSA) is 66.6 Å². The van der Waals surface area contributed by atoms with Gasteiger partial charge in [0.15, 0.2) is 0 Å². The molecule has 0 aliphatic carbocycles. The molecule has 5 nitrogen and oxygen atoms in total. The molecule has 16 heavy (non-hydrogen) atoms. The Labute approximate surface area is 93.8 Å². The van der Waals surface area contributed by atoms with Crippen LogP contribution >= 0.6 is 0 Å². The molecule has 0 atom stereocenters. The first-order valence-corrected chi connectivity index (χ1v) is 4.80. The van der Waals surface area contributed by atoms with E-state index in [1.165, 1.54) is 6.07 Å². The highest BCUT2D eigenvalue weighted by Crippen LogP contribution is 2.24. The zero-order chi connectivity index (χ0) is 12.1. The van der Waals surface area contributed by atoms with Crippen molar-refractivity contribution in [1.29, 1.82) is 0 Å². The molecule has 0 unspecified atom stereocenters. The predicted molar refractivity (Wildman–Crippen MR) is 62.5 cm³/mol. The zero-order valence-electron chi connectivity index (χ0n) is 9.09. The number of nitro benzene ring substituents is 1.